The monoisotopic (exact) mass is 330 g/mol. The standard InChI is InChI=1S/C12H19BrN4O2/c13-11-10(8-16-17(6-7-18)12(11)19)15-5-3-9-2-1-4-14-9/h8-9,14-15,18H,1-7H2/t9-/m1/s1. The molecule has 106 valence electrons. The van der Waals surface area contributed by atoms with Crippen LogP contribution in [0.4, 0.5) is 5.69 Å². The maximum atomic E-state index is 11.9. The van der Waals surface area contributed by atoms with Gasteiger partial charge < -0.3 is 15.7 Å². The molecular weight excluding hydrogens is 312 g/mol. The molecule has 2 heterocycles. The van der Waals surface area contributed by atoms with E-state index >= 15 is 0 Å². The van der Waals surface area contributed by atoms with Crippen LogP contribution in [-0.4, -0.2) is 40.6 Å². The van der Waals surface area contributed by atoms with Crippen molar-refractivity contribution in [3.63, 3.8) is 0 Å². The number of hydrogen-bond donors (Lipinski definition) is 3. The number of halogens is 1. The number of aromatic nitrogens is 2. The summed E-state index contributed by atoms with van der Waals surface area (Å²) in [6.07, 6.45) is 5.11. The summed E-state index contributed by atoms with van der Waals surface area (Å²) in [4.78, 5) is 11.9. The maximum Gasteiger partial charge on any atom is 0.283 e. The minimum atomic E-state index is -0.224. The van der Waals surface area contributed by atoms with Gasteiger partial charge in [0.25, 0.3) is 5.56 Å². The van der Waals surface area contributed by atoms with Gasteiger partial charge >= 0.3 is 0 Å². The van der Waals surface area contributed by atoms with E-state index in [0.717, 1.165) is 19.5 Å². The Hall–Kier alpha value is -0.920. The fourth-order valence-electron chi connectivity index (χ4n) is 2.23. The lowest BCUT2D eigenvalue weighted by molar-refractivity contribution is 0.266. The Labute approximate surface area is 120 Å². The number of aliphatic hydroxyl groups is 1. The molecule has 3 N–H and O–H groups in total. The highest BCUT2D eigenvalue weighted by atomic mass is 79.9. The Bertz CT molecular complexity index is 471. The fourth-order valence-corrected chi connectivity index (χ4v) is 2.67. The molecule has 1 aliphatic heterocycles. The summed E-state index contributed by atoms with van der Waals surface area (Å²) in [7, 11) is 0. The summed E-state index contributed by atoms with van der Waals surface area (Å²) in [5.41, 5.74) is 0.482. The number of rotatable bonds is 6. The third-order valence-corrected chi connectivity index (χ3v) is 4.03. The van der Waals surface area contributed by atoms with Crippen LogP contribution in [0, 0.1) is 0 Å². The van der Waals surface area contributed by atoms with Crippen LogP contribution in [0.3, 0.4) is 0 Å². The van der Waals surface area contributed by atoms with Crippen molar-refractivity contribution in [1.29, 1.82) is 0 Å². The molecule has 0 amide bonds. The van der Waals surface area contributed by atoms with Crippen LogP contribution < -0.4 is 16.2 Å². The third-order valence-electron chi connectivity index (χ3n) is 3.27. The van der Waals surface area contributed by atoms with Crippen molar-refractivity contribution in [1.82, 2.24) is 15.1 Å². The zero-order valence-electron chi connectivity index (χ0n) is 10.7. The Kier molecular flexibility index (Phi) is 5.35. The zero-order valence-corrected chi connectivity index (χ0v) is 12.3. The van der Waals surface area contributed by atoms with Crippen molar-refractivity contribution in [3.8, 4) is 0 Å². The molecule has 1 fully saturated rings. The molecule has 1 aromatic rings. The first-order valence-corrected chi connectivity index (χ1v) is 7.35. The van der Waals surface area contributed by atoms with E-state index in [4.69, 9.17) is 5.11 Å². The van der Waals surface area contributed by atoms with E-state index in [0.29, 0.717) is 16.2 Å². The molecular formula is C12H19BrN4O2. The number of nitrogens with zero attached hydrogens (tertiary/aromatic N) is 2. The van der Waals surface area contributed by atoms with Crippen LogP contribution >= 0.6 is 15.9 Å². The largest absolute Gasteiger partial charge is 0.394 e. The molecule has 0 spiro atoms. The predicted molar refractivity (Wildman–Crippen MR) is 77.4 cm³/mol. The van der Waals surface area contributed by atoms with Crippen molar-refractivity contribution in [2.45, 2.75) is 31.8 Å². The van der Waals surface area contributed by atoms with Crippen LogP contribution in [0.1, 0.15) is 19.3 Å². The first-order chi connectivity index (χ1) is 9.22. The summed E-state index contributed by atoms with van der Waals surface area (Å²) in [6, 6.07) is 0.578. The van der Waals surface area contributed by atoms with E-state index in [1.165, 1.54) is 17.5 Å². The van der Waals surface area contributed by atoms with Gasteiger partial charge in [0.05, 0.1) is 25.0 Å². The topological polar surface area (TPSA) is 79.2 Å². The summed E-state index contributed by atoms with van der Waals surface area (Å²) < 4.78 is 1.71. The first-order valence-electron chi connectivity index (χ1n) is 6.56. The Morgan fingerprint density at radius 3 is 3.16 bits per heavy atom. The van der Waals surface area contributed by atoms with Gasteiger partial charge in [0.1, 0.15) is 4.47 Å². The van der Waals surface area contributed by atoms with Gasteiger partial charge in [0.15, 0.2) is 0 Å². The van der Waals surface area contributed by atoms with Crippen molar-refractivity contribution in [2.75, 3.05) is 25.0 Å². The van der Waals surface area contributed by atoms with Gasteiger partial charge in [-0.25, -0.2) is 4.68 Å². The number of aliphatic hydroxyl groups excluding tert-OH is 1. The molecule has 1 atom stereocenters. The smallest absolute Gasteiger partial charge is 0.283 e. The molecule has 0 unspecified atom stereocenters. The van der Waals surface area contributed by atoms with Gasteiger partial charge in [-0.2, -0.15) is 5.10 Å². The lowest BCUT2D eigenvalue weighted by Gasteiger charge is -2.13. The molecule has 0 radical (unpaired) electrons. The molecule has 0 bridgehead atoms. The molecule has 0 aromatic carbocycles. The normalized spacial score (nSPS) is 18.7. The van der Waals surface area contributed by atoms with Gasteiger partial charge in [-0.3, -0.25) is 4.79 Å². The highest BCUT2D eigenvalue weighted by Crippen LogP contribution is 2.16. The van der Waals surface area contributed by atoms with Crippen LogP contribution in [0.5, 0.6) is 0 Å². The molecule has 6 nitrogen and oxygen atoms in total. The van der Waals surface area contributed by atoms with Gasteiger partial charge in [-0.1, -0.05) is 0 Å². The molecule has 7 heteroatoms. The van der Waals surface area contributed by atoms with E-state index in [1.54, 1.807) is 6.20 Å². The van der Waals surface area contributed by atoms with E-state index in [1.807, 2.05) is 0 Å². The van der Waals surface area contributed by atoms with Gasteiger partial charge in [-0.05, 0) is 41.7 Å². The van der Waals surface area contributed by atoms with Crippen molar-refractivity contribution in [2.24, 2.45) is 0 Å². The highest BCUT2D eigenvalue weighted by Gasteiger charge is 2.14. The second kappa shape index (κ2) is 7.02. The fraction of sp³-hybridized carbons (Fsp3) is 0.667. The molecule has 2 rings (SSSR count). The highest BCUT2D eigenvalue weighted by molar-refractivity contribution is 9.10. The van der Waals surface area contributed by atoms with Crippen LogP contribution in [0.25, 0.3) is 0 Å². The molecule has 1 saturated heterocycles. The molecule has 0 saturated carbocycles. The minimum Gasteiger partial charge on any atom is -0.394 e. The van der Waals surface area contributed by atoms with E-state index < -0.39 is 0 Å². The third kappa shape index (κ3) is 3.77. The zero-order chi connectivity index (χ0) is 13.7. The van der Waals surface area contributed by atoms with Crippen LogP contribution in [0.15, 0.2) is 15.5 Å². The summed E-state index contributed by atoms with van der Waals surface area (Å²) >= 11 is 3.28. The molecule has 1 aromatic heterocycles. The SMILES string of the molecule is O=c1c(Br)c(NCC[C@H]2CCCN2)cnn1CCO. The van der Waals surface area contributed by atoms with Gasteiger partial charge in [0.2, 0.25) is 0 Å². The van der Waals surface area contributed by atoms with Crippen molar-refractivity contribution < 1.29 is 5.11 Å². The average molecular weight is 331 g/mol. The Balaban J connectivity index is 1.92. The average Bonchev–Trinajstić information content (AvgIpc) is 2.91. The summed E-state index contributed by atoms with van der Waals surface area (Å²) in [5, 5.41) is 19.5. The van der Waals surface area contributed by atoms with E-state index in [9.17, 15) is 4.79 Å². The summed E-state index contributed by atoms with van der Waals surface area (Å²) in [6.45, 7) is 2.03. The quantitative estimate of drug-likeness (QED) is 0.710. The number of anilines is 1. The lowest BCUT2D eigenvalue weighted by atomic mass is 10.1. The molecule has 19 heavy (non-hydrogen) atoms. The number of nitrogens with one attached hydrogen (secondary N) is 2. The van der Waals surface area contributed by atoms with Crippen LogP contribution in [0.2, 0.25) is 0 Å². The molecule has 0 aliphatic carbocycles. The van der Waals surface area contributed by atoms with E-state index in [-0.39, 0.29) is 18.7 Å². The number of hydrogen-bond acceptors (Lipinski definition) is 5. The van der Waals surface area contributed by atoms with Crippen molar-refractivity contribution in [3.05, 3.63) is 21.0 Å². The molecule has 1 aliphatic rings. The maximum absolute atomic E-state index is 11.9. The first kappa shape index (κ1) is 14.5. The van der Waals surface area contributed by atoms with E-state index in [2.05, 4.69) is 31.7 Å². The second-order valence-electron chi connectivity index (χ2n) is 4.63. The van der Waals surface area contributed by atoms with Crippen molar-refractivity contribution >= 4 is 21.6 Å². The Morgan fingerprint density at radius 2 is 2.47 bits per heavy atom. The van der Waals surface area contributed by atoms with Gasteiger partial charge in [-0.15, -0.1) is 0 Å². The van der Waals surface area contributed by atoms with Crippen LogP contribution in [-0.2, 0) is 6.54 Å². The van der Waals surface area contributed by atoms with Gasteiger partial charge in [0, 0.05) is 12.6 Å². The summed E-state index contributed by atoms with van der Waals surface area (Å²) in [5.74, 6) is 0. The minimum absolute atomic E-state index is 0.0977. The second-order valence-corrected chi connectivity index (χ2v) is 5.43. The predicted octanol–water partition coefficient (Wildman–Crippen LogP) is 0.552. The Morgan fingerprint density at radius 1 is 1.63 bits per heavy atom. The lowest BCUT2D eigenvalue weighted by Crippen LogP contribution is -2.27.